The molecule has 0 atom stereocenters. The van der Waals surface area contributed by atoms with Crippen LogP contribution in [0.3, 0.4) is 0 Å². The minimum Gasteiger partial charge on any atom is -0.493 e. The number of carbonyl (C=O) groups is 1. The summed E-state index contributed by atoms with van der Waals surface area (Å²) in [5.74, 6) is 0.141. The minimum atomic E-state index is -0.417. The molecule has 0 aliphatic heterocycles. The quantitative estimate of drug-likeness (QED) is 0.779. The molecule has 24 heavy (non-hydrogen) atoms. The van der Waals surface area contributed by atoms with Gasteiger partial charge in [-0.15, -0.1) is 0 Å². The molecule has 2 rings (SSSR count). The van der Waals surface area contributed by atoms with Crippen molar-refractivity contribution in [2.75, 3.05) is 19.0 Å². The number of carbonyl (C=O) groups excluding carboxylic acids is 1. The first-order valence-electron chi connectivity index (χ1n) is 7.28. The van der Waals surface area contributed by atoms with Crippen LogP contribution in [0.5, 0.6) is 11.5 Å². The second-order valence-corrected chi connectivity index (χ2v) is 5.21. The minimum absolute atomic E-state index is 0.381. The van der Waals surface area contributed by atoms with Crippen molar-refractivity contribution < 1.29 is 18.7 Å². The average Bonchev–Trinajstić information content (AvgIpc) is 2.55. The summed E-state index contributed by atoms with van der Waals surface area (Å²) in [6, 6.07) is 9.05. The van der Waals surface area contributed by atoms with Crippen molar-refractivity contribution in [3.05, 3.63) is 58.9 Å². The molecule has 0 radical (unpaired) electrons. The molecule has 1 N–H and O–H groups in total. The zero-order chi connectivity index (χ0) is 17.5. The van der Waals surface area contributed by atoms with E-state index in [-0.39, 0.29) is 5.91 Å². The van der Waals surface area contributed by atoms with Crippen LogP contribution in [-0.2, 0) is 4.79 Å². The molecule has 2 aromatic carbocycles. The van der Waals surface area contributed by atoms with E-state index in [2.05, 4.69) is 5.32 Å². The maximum Gasteiger partial charge on any atom is 0.248 e. The Morgan fingerprint density at radius 1 is 1.33 bits per heavy atom. The van der Waals surface area contributed by atoms with E-state index in [0.717, 1.165) is 0 Å². The fourth-order valence-electron chi connectivity index (χ4n) is 2.04. The third-order valence-electron chi connectivity index (χ3n) is 3.06. The molecule has 0 aliphatic carbocycles. The van der Waals surface area contributed by atoms with Crippen molar-refractivity contribution >= 4 is 29.3 Å². The first-order valence-corrected chi connectivity index (χ1v) is 7.66. The summed E-state index contributed by atoms with van der Waals surface area (Å²) in [5, 5.41) is 2.96. The molecule has 4 nitrogen and oxygen atoms in total. The zero-order valence-electron chi connectivity index (χ0n) is 13.3. The van der Waals surface area contributed by atoms with Gasteiger partial charge in [0.15, 0.2) is 11.5 Å². The van der Waals surface area contributed by atoms with Gasteiger partial charge in [0, 0.05) is 11.8 Å². The predicted octanol–water partition coefficient (Wildman–Crippen LogP) is 4.54. The average molecular weight is 350 g/mol. The molecule has 0 spiro atoms. The molecule has 0 unspecified atom stereocenters. The molecule has 0 saturated carbocycles. The highest BCUT2D eigenvalue weighted by atomic mass is 35.5. The molecule has 0 bridgehead atoms. The number of methoxy groups -OCH3 is 1. The smallest absolute Gasteiger partial charge is 0.248 e. The van der Waals surface area contributed by atoms with Crippen LogP contribution in [-0.4, -0.2) is 19.6 Å². The van der Waals surface area contributed by atoms with Crippen LogP contribution in [0.15, 0.2) is 42.5 Å². The van der Waals surface area contributed by atoms with Crippen LogP contribution in [0.2, 0.25) is 5.02 Å². The van der Waals surface area contributed by atoms with Crippen molar-refractivity contribution in [1.29, 1.82) is 0 Å². The topological polar surface area (TPSA) is 47.6 Å². The molecule has 0 fully saturated rings. The van der Waals surface area contributed by atoms with Crippen molar-refractivity contribution in [2.24, 2.45) is 0 Å². The molecule has 2 aromatic rings. The van der Waals surface area contributed by atoms with Crippen molar-refractivity contribution in [3.63, 3.8) is 0 Å². The molecule has 126 valence electrons. The maximum absolute atomic E-state index is 13.1. The first kappa shape index (κ1) is 17.8. The Morgan fingerprint density at radius 2 is 2.12 bits per heavy atom. The molecular formula is C18H17ClFNO3. The van der Waals surface area contributed by atoms with Gasteiger partial charge < -0.3 is 14.8 Å². The fourth-order valence-corrected chi connectivity index (χ4v) is 2.32. The van der Waals surface area contributed by atoms with Crippen LogP contribution < -0.4 is 14.8 Å². The predicted molar refractivity (Wildman–Crippen MR) is 93.2 cm³/mol. The molecule has 0 aliphatic rings. The lowest BCUT2D eigenvalue weighted by atomic mass is 10.2. The maximum atomic E-state index is 13.1. The molecule has 6 heteroatoms. The van der Waals surface area contributed by atoms with E-state index in [1.807, 2.05) is 6.92 Å². The van der Waals surface area contributed by atoms with Gasteiger partial charge in [0.05, 0.1) is 18.7 Å². The van der Waals surface area contributed by atoms with E-state index in [1.54, 1.807) is 24.3 Å². The summed E-state index contributed by atoms with van der Waals surface area (Å²) in [6.45, 7) is 2.31. The monoisotopic (exact) mass is 349 g/mol. The number of rotatable bonds is 6. The highest BCUT2D eigenvalue weighted by molar-refractivity contribution is 6.32. The number of ether oxygens (including phenoxy) is 2. The van der Waals surface area contributed by atoms with E-state index in [9.17, 15) is 9.18 Å². The van der Waals surface area contributed by atoms with Crippen LogP contribution in [0.4, 0.5) is 10.1 Å². The third-order valence-corrected chi connectivity index (χ3v) is 3.34. The Kier molecular flexibility index (Phi) is 6.21. The Bertz CT molecular complexity index is 762. The van der Waals surface area contributed by atoms with E-state index in [1.165, 1.54) is 31.4 Å². The number of hydrogen-bond donors (Lipinski definition) is 1. The van der Waals surface area contributed by atoms with Crippen LogP contribution >= 0.6 is 11.6 Å². The standard InChI is InChI=1S/C18H17ClFNO3/c1-3-24-18-15(19)9-12(10-16(18)23-2)7-8-17(22)21-14-6-4-5-13(20)11-14/h4-11H,3H2,1-2H3,(H,21,22)/b8-7+. The number of nitrogens with one attached hydrogen (secondary N) is 1. The molecule has 0 aromatic heterocycles. The van der Waals surface area contributed by atoms with Gasteiger partial charge in [0.1, 0.15) is 5.82 Å². The lowest BCUT2D eigenvalue weighted by Crippen LogP contribution is -2.07. The van der Waals surface area contributed by atoms with Gasteiger partial charge in [-0.25, -0.2) is 4.39 Å². The lowest BCUT2D eigenvalue weighted by molar-refractivity contribution is -0.111. The normalized spacial score (nSPS) is 10.7. The third kappa shape index (κ3) is 4.73. The summed E-state index contributed by atoms with van der Waals surface area (Å²) < 4.78 is 23.8. The van der Waals surface area contributed by atoms with Gasteiger partial charge in [-0.05, 0) is 48.9 Å². The van der Waals surface area contributed by atoms with Gasteiger partial charge in [-0.3, -0.25) is 4.79 Å². The van der Waals surface area contributed by atoms with E-state index in [0.29, 0.717) is 34.4 Å². The van der Waals surface area contributed by atoms with Gasteiger partial charge in [0.25, 0.3) is 0 Å². The highest BCUT2D eigenvalue weighted by Crippen LogP contribution is 2.36. The Labute approximate surface area is 144 Å². The summed E-state index contributed by atoms with van der Waals surface area (Å²) in [7, 11) is 1.51. The van der Waals surface area contributed by atoms with E-state index < -0.39 is 5.82 Å². The first-order chi connectivity index (χ1) is 11.5. The van der Waals surface area contributed by atoms with Crippen LogP contribution in [0.1, 0.15) is 12.5 Å². The second-order valence-electron chi connectivity index (χ2n) is 4.80. The summed E-state index contributed by atoms with van der Waals surface area (Å²) in [5.41, 5.74) is 1.06. The summed E-state index contributed by atoms with van der Waals surface area (Å²) in [6.07, 6.45) is 2.91. The largest absolute Gasteiger partial charge is 0.493 e. The van der Waals surface area contributed by atoms with Crippen molar-refractivity contribution in [2.45, 2.75) is 6.92 Å². The van der Waals surface area contributed by atoms with Gasteiger partial charge in [0.2, 0.25) is 5.91 Å². The number of benzene rings is 2. The zero-order valence-corrected chi connectivity index (χ0v) is 14.1. The molecular weight excluding hydrogens is 333 g/mol. The molecule has 0 heterocycles. The second kappa shape index (κ2) is 8.36. The Balaban J connectivity index is 2.13. The fraction of sp³-hybridized carbons (Fsp3) is 0.167. The number of amides is 1. The SMILES string of the molecule is CCOc1c(Cl)cc(/C=C/C(=O)Nc2cccc(F)c2)cc1OC. The Hall–Kier alpha value is -2.53. The van der Waals surface area contributed by atoms with E-state index >= 15 is 0 Å². The molecule has 1 amide bonds. The van der Waals surface area contributed by atoms with E-state index in [4.69, 9.17) is 21.1 Å². The highest BCUT2D eigenvalue weighted by Gasteiger charge is 2.10. The molecule has 0 saturated heterocycles. The van der Waals surface area contributed by atoms with Gasteiger partial charge >= 0.3 is 0 Å². The summed E-state index contributed by atoms with van der Waals surface area (Å²) in [4.78, 5) is 11.9. The lowest BCUT2D eigenvalue weighted by Gasteiger charge is -2.11. The van der Waals surface area contributed by atoms with Crippen LogP contribution in [0, 0.1) is 5.82 Å². The number of halogens is 2. The van der Waals surface area contributed by atoms with Gasteiger partial charge in [-0.2, -0.15) is 0 Å². The number of hydrogen-bond acceptors (Lipinski definition) is 3. The summed E-state index contributed by atoms with van der Waals surface area (Å²) >= 11 is 6.17. The Morgan fingerprint density at radius 3 is 2.79 bits per heavy atom. The van der Waals surface area contributed by atoms with Crippen LogP contribution in [0.25, 0.3) is 6.08 Å². The van der Waals surface area contributed by atoms with Gasteiger partial charge in [-0.1, -0.05) is 17.7 Å². The number of anilines is 1. The van der Waals surface area contributed by atoms with Crippen molar-refractivity contribution in [1.82, 2.24) is 0 Å². The van der Waals surface area contributed by atoms with Crippen molar-refractivity contribution in [3.8, 4) is 11.5 Å².